The fraction of sp³-hybridized carbons (Fsp3) is 0.0833. The van der Waals surface area contributed by atoms with Gasteiger partial charge in [-0.15, -0.1) is 0 Å². The Bertz CT molecular complexity index is 509. The van der Waals surface area contributed by atoms with E-state index in [2.05, 4.69) is 10.6 Å². The lowest BCUT2D eigenvalue weighted by molar-refractivity contribution is -0.131. The van der Waals surface area contributed by atoms with Gasteiger partial charge in [0.1, 0.15) is 0 Å². The minimum absolute atomic E-state index is 0.271. The quantitative estimate of drug-likeness (QED) is 0.681. The van der Waals surface area contributed by atoms with Crippen LogP contribution in [0.5, 0.6) is 0 Å². The van der Waals surface area contributed by atoms with Crippen molar-refractivity contribution in [2.75, 3.05) is 12.4 Å². The third-order valence-corrected chi connectivity index (χ3v) is 2.00. The molecule has 0 radical (unpaired) electrons. The Balaban J connectivity index is 2.76. The zero-order valence-electron chi connectivity index (χ0n) is 9.64. The van der Waals surface area contributed by atoms with Crippen molar-refractivity contribution in [3.05, 3.63) is 42.0 Å². The van der Waals surface area contributed by atoms with Crippen LogP contribution in [0.1, 0.15) is 10.4 Å². The van der Waals surface area contributed by atoms with E-state index >= 15 is 0 Å². The van der Waals surface area contributed by atoms with E-state index in [0.717, 1.165) is 12.2 Å². The molecule has 0 atom stereocenters. The molecule has 0 heterocycles. The number of hydrogen-bond donors (Lipinski definition) is 3. The standard InChI is InChI=1S/C12H12N2O4/c1-13-12(18)8-3-2-4-9(7-8)14-10(15)5-6-11(16)17/h2-7H,1H3,(H,13,18)(H,14,15)(H,16,17)/b6-5+. The molecule has 3 N–H and O–H groups in total. The molecule has 0 aromatic heterocycles. The number of hydrogen-bond acceptors (Lipinski definition) is 3. The first-order chi connectivity index (χ1) is 8.52. The van der Waals surface area contributed by atoms with Gasteiger partial charge in [0.25, 0.3) is 5.91 Å². The summed E-state index contributed by atoms with van der Waals surface area (Å²) in [6.45, 7) is 0. The summed E-state index contributed by atoms with van der Waals surface area (Å²) in [5.41, 5.74) is 0.814. The van der Waals surface area contributed by atoms with E-state index in [1.807, 2.05) is 0 Å². The highest BCUT2D eigenvalue weighted by Gasteiger charge is 2.04. The van der Waals surface area contributed by atoms with Crippen molar-refractivity contribution >= 4 is 23.5 Å². The molecule has 6 heteroatoms. The van der Waals surface area contributed by atoms with Crippen molar-refractivity contribution < 1.29 is 19.5 Å². The average Bonchev–Trinajstić information content (AvgIpc) is 2.35. The molecule has 0 aliphatic rings. The molecule has 0 bridgehead atoms. The molecule has 0 fully saturated rings. The minimum Gasteiger partial charge on any atom is -0.478 e. The number of nitrogens with one attached hydrogen (secondary N) is 2. The Kier molecular flexibility index (Phi) is 4.62. The Morgan fingerprint density at radius 3 is 2.56 bits per heavy atom. The Hall–Kier alpha value is -2.63. The van der Waals surface area contributed by atoms with Gasteiger partial charge in [0, 0.05) is 30.5 Å². The molecule has 1 aromatic carbocycles. The third kappa shape index (κ3) is 4.09. The normalized spacial score (nSPS) is 10.1. The van der Waals surface area contributed by atoms with E-state index in [0.29, 0.717) is 11.3 Å². The first-order valence-electron chi connectivity index (χ1n) is 5.07. The molecule has 1 rings (SSSR count). The highest BCUT2D eigenvalue weighted by Crippen LogP contribution is 2.10. The monoisotopic (exact) mass is 248 g/mol. The number of carbonyl (C=O) groups is 3. The van der Waals surface area contributed by atoms with Crippen LogP contribution in [0, 0.1) is 0 Å². The lowest BCUT2D eigenvalue weighted by atomic mass is 10.2. The fourth-order valence-electron chi connectivity index (χ4n) is 1.21. The van der Waals surface area contributed by atoms with Gasteiger partial charge in [-0.3, -0.25) is 9.59 Å². The zero-order chi connectivity index (χ0) is 13.5. The van der Waals surface area contributed by atoms with E-state index in [1.54, 1.807) is 18.2 Å². The van der Waals surface area contributed by atoms with Gasteiger partial charge in [-0.05, 0) is 18.2 Å². The van der Waals surface area contributed by atoms with Crippen LogP contribution in [-0.4, -0.2) is 29.9 Å². The summed E-state index contributed by atoms with van der Waals surface area (Å²) in [4.78, 5) is 32.9. The molecular weight excluding hydrogens is 236 g/mol. The lowest BCUT2D eigenvalue weighted by Crippen LogP contribution is -2.18. The smallest absolute Gasteiger partial charge is 0.328 e. The molecule has 18 heavy (non-hydrogen) atoms. The fourth-order valence-corrected chi connectivity index (χ4v) is 1.21. The number of amides is 2. The number of aliphatic carboxylic acids is 1. The maximum Gasteiger partial charge on any atom is 0.328 e. The van der Waals surface area contributed by atoms with Crippen LogP contribution in [-0.2, 0) is 9.59 Å². The van der Waals surface area contributed by atoms with Crippen molar-refractivity contribution in [2.24, 2.45) is 0 Å². The van der Waals surface area contributed by atoms with Crippen LogP contribution < -0.4 is 10.6 Å². The van der Waals surface area contributed by atoms with Gasteiger partial charge in [0.05, 0.1) is 0 Å². The van der Waals surface area contributed by atoms with Crippen molar-refractivity contribution in [2.45, 2.75) is 0 Å². The van der Waals surface area contributed by atoms with E-state index < -0.39 is 11.9 Å². The number of anilines is 1. The summed E-state index contributed by atoms with van der Waals surface area (Å²) in [5, 5.41) is 13.3. The first kappa shape index (κ1) is 13.4. The van der Waals surface area contributed by atoms with Crippen LogP contribution in [0.2, 0.25) is 0 Å². The number of benzene rings is 1. The Morgan fingerprint density at radius 1 is 1.22 bits per heavy atom. The minimum atomic E-state index is -1.20. The number of carboxylic acid groups (broad SMARTS) is 1. The van der Waals surface area contributed by atoms with Gasteiger partial charge < -0.3 is 15.7 Å². The van der Waals surface area contributed by atoms with Gasteiger partial charge in [-0.2, -0.15) is 0 Å². The molecule has 0 unspecified atom stereocenters. The van der Waals surface area contributed by atoms with Crippen LogP contribution in [0.3, 0.4) is 0 Å². The van der Waals surface area contributed by atoms with Crippen molar-refractivity contribution in [1.29, 1.82) is 0 Å². The molecule has 0 saturated heterocycles. The highest BCUT2D eigenvalue weighted by atomic mass is 16.4. The van der Waals surface area contributed by atoms with Crippen molar-refractivity contribution in [1.82, 2.24) is 5.32 Å². The molecule has 6 nitrogen and oxygen atoms in total. The van der Waals surface area contributed by atoms with Crippen LogP contribution >= 0.6 is 0 Å². The van der Waals surface area contributed by atoms with Gasteiger partial charge in [-0.25, -0.2) is 4.79 Å². The van der Waals surface area contributed by atoms with Crippen LogP contribution in [0.4, 0.5) is 5.69 Å². The topological polar surface area (TPSA) is 95.5 Å². The summed E-state index contributed by atoms with van der Waals surface area (Å²) in [6, 6.07) is 6.30. The maximum absolute atomic E-state index is 11.4. The molecule has 94 valence electrons. The maximum atomic E-state index is 11.4. The lowest BCUT2D eigenvalue weighted by Gasteiger charge is -2.04. The summed E-state index contributed by atoms with van der Waals surface area (Å²) >= 11 is 0. The van der Waals surface area contributed by atoms with E-state index in [-0.39, 0.29) is 5.91 Å². The van der Waals surface area contributed by atoms with Crippen molar-refractivity contribution in [3.8, 4) is 0 Å². The SMILES string of the molecule is CNC(=O)c1cccc(NC(=O)/C=C/C(=O)O)c1. The molecule has 0 aliphatic carbocycles. The number of carboxylic acids is 1. The number of carbonyl (C=O) groups excluding carboxylic acids is 2. The van der Waals surface area contributed by atoms with E-state index in [1.165, 1.54) is 13.1 Å². The van der Waals surface area contributed by atoms with Gasteiger partial charge in [0.15, 0.2) is 0 Å². The zero-order valence-corrected chi connectivity index (χ0v) is 9.64. The summed E-state index contributed by atoms with van der Waals surface area (Å²) in [7, 11) is 1.50. The summed E-state index contributed by atoms with van der Waals surface area (Å²) in [6.07, 6.45) is 1.63. The largest absolute Gasteiger partial charge is 0.478 e. The molecule has 0 saturated carbocycles. The van der Waals surface area contributed by atoms with Crippen molar-refractivity contribution in [3.63, 3.8) is 0 Å². The van der Waals surface area contributed by atoms with E-state index in [9.17, 15) is 14.4 Å². The molecule has 0 aliphatic heterocycles. The van der Waals surface area contributed by atoms with E-state index in [4.69, 9.17) is 5.11 Å². The Morgan fingerprint density at radius 2 is 1.94 bits per heavy atom. The average molecular weight is 248 g/mol. The highest BCUT2D eigenvalue weighted by molar-refractivity contribution is 6.03. The molecule has 1 aromatic rings. The van der Waals surface area contributed by atoms with Crippen LogP contribution in [0.15, 0.2) is 36.4 Å². The summed E-state index contributed by atoms with van der Waals surface area (Å²) in [5.74, 6) is -2.05. The van der Waals surface area contributed by atoms with Gasteiger partial charge >= 0.3 is 5.97 Å². The molecular formula is C12H12N2O4. The second-order valence-electron chi connectivity index (χ2n) is 3.32. The second-order valence-corrected chi connectivity index (χ2v) is 3.32. The molecule has 0 spiro atoms. The Labute approximate surface area is 103 Å². The number of rotatable bonds is 4. The third-order valence-electron chi connectivity index (χ3n) is 2.00. The molecule has 2 amide bonds. The summed E-state index contributed by atoms with van der Waals surface area (Å²) < 4.78 is 0. The predicted octanol–water partition coefficient (Wildman–Crippen LogP) is 0.625. The first-order valence-corrected chi connectivity index (χ1v) is 5.07. The van der Waals surface area contributed by atoms with Crippen LogP contribution in [0.25, 0.3) is 0 Å². The van der Waals surface area contributed by atoms with Gasteiger partial charge in [-0.1, -0.05) is 6.07 Å². The predicted molar refractivity (Wildman–Crippen MR) is 65.2 cm³/mol. The van der Waals surface area contributed by atoms with Gasteiger partial charge in [0.2, 0.25) is 5.91 Å². The second kappa shape index (κ2) is 6.19.